The van der Waals surface area contributed by atoms with Gasteiger partial charge >= 0.3 is 0 Å². The number of aryl methyl sites for hydroxylation is 1. The van der Waals surface area contributed by atoms with Crippen molar-refractivity contribution < 1.29 is 0 Å². The molecule has 6 rings (SSSR count). The Kier molecular flexibility index (Phi) is 7.20. The molecule has 0 saturated carbocycles. The van der Waals surface area contributed by atoms with Gasteiger partial charge in [-0.1, -0.05) is 48.0 Å². The molecule has 0 spiro atoms. The fourth-order valence-electron chi connectivity index (χ4n) is 5.55. The first kappa shape index (κ1) is 24.4. The van der Waals surface area contributed by atoms with Crippen molar-refractivity contribution in [3.05, 3.63) is 71.4 Å². The molecule has 2 aromatic carbocycles. The number of rotatable bonds is 7. The zero-order chi connectivity index (χ0) is 25.7. The molecule has 0 unspecified atom stereocenters. The van der Waals surface area contributed by atoms with Gasteiger partial charge < -0.3 is 14.4 Å². The van der Waals surface area contributed by atoms with Crippen molar-refractivity contribution in [2.75, 3.05) is 41.4 Å². The Hall–Kier alpha value is -3.94. The second-order valence-electron chi connectivity index (χ2n) is 10.4. The summed E-state index contributed by atoms with van der Waals surface area (Å²) in [6, 6.07) is 17.1. The van der Waals surface area contributed by atoms with Crippen molar-refractivity contribution in [1.82, 2.24) is 19.5 Å². The van der Waals surface area contributed by atoms with E-state index in [1.54, 1.807) is 0 Å². The Morgan fingerprint density at radius 3 is 2.18 bits per heavy atom. The van der Waals surface area contributed by atoms with Crippen LogP contribution in [0.4, 0.5) is 17.8 Å². The third-order valence-electron chi connectivity index (χ3n) is 7.51. The van der Waals surface area contributed by atoms with Crippen LogP contribution in [0.1, 0.15) is 55.2 Å². The molecule has 0 bridgehead atoms. The smallest absolute Gasteiger partial charge is 0.250 e. The quantitative estimate of drug-likeness (QED) is 0.258. The number of benzene rings is 2. The number of hydrogen-bond acceptors (Lipinski definition) is 7. The predicted molar refractivity (Wildman–Crippen MR) is 155 cm³/mol. The van der Waals surface area contributed by atoms with Crippen molar-refractivity contribution >= 4 is 35.0 Å². The summed E-state index contributed by atoms with van der Waals surface area (Å²) in [4.78, 5) is 19.0. The molecule has 2 fully saturated rings. The van der Waals surface area contributed by atoms with Crippen LogP contribution >= 0.6 is 0 Å². The third-order valence-corrected chi connectivity index (χ3v) is 7.51. The lowest BCUT2D eigenvalue weighted by atomic mass is 10.1. The van der Waals surface area contributed by atoms with Crippen molar-refractivity contribution in [2.45, 2.75) is 52.0 Å². The number of piperidine rings is 2. The molecule has 0 atom stereocenters. The second kappa shape index (κ2) is 11.2. The number of hydrazone groups is 1. The zero-order valence-electron chi connectivity index (χ0n) is 22.2. The Bertz CT molecular complexity index is 1380. The first-order valence-electron chi connectivity index (χ1n) is 13.9. The van der Waals surface area contributed by atoms with E-state index in [-0.39, 0.29) is 0 Å². The van der Waals surface area contributed by atoms with Crippen LogP contribution in [-0.4, -0.2) is 51.9 Å². The van der Waals surface area contributed by atoms with Gasteiger partial charge in [-0.3, -0.25) is 0 Å². The summed E-state index contributed by atoms with van der Waals surface area (Å²) < 4.78 is 2.29. The zero-order valence-corrected chi connectivity index (χ0v) is 22.2. The number of hydrogen-bond donors (Lipinski definition) is 1. The Balaban J connectivity index is 1.26. The minimum absolute atomic E-state index is 0.501. The van der Waals surface area contributed by atoms with Gasteiger partial charge in [0, 0.05) is 55.4 Å². The van der Waals surface area contributed by atoms with E-state index in [0.29, 0.717) is 5.95 Å². The number of nitrogens with one attached hydrogen (secondary N) is 1. The molecule has 2 aliphatic heterocycles. The van der Waals surface area contributed by atoms with Crippen LogP contribution in [0.25, 0.3) is 10.9 Å². The molecular weight excluding hydrogens is 472 g/mol. The lowest BCUT2D eigenvalue weighted by Gasteiger charge is -2.30. The molecule has 38 heavy (non-hydrogen) atoms. The lowest BCUT2D eigenvalue weighted by molar-refractivity contribution is 0.556. The maximum Gasteiger partial charge on any atom is 0.250 e. The fourth-order valence-corrected chi connectivity index (χ4v) is 5.55. The summed E-state index contributed by atoms with van der Waals surface area (Å²) in [5, 5.41) is 5.76. The van der Waals surface area contributed by atoms with Crippen LogP contribution in [0.5, 0.6) is 0 Å². The largest absolute Gasteiger partial charge is 0.342 e. The Morgan fingerprint density at radius 2 is 1.50 bits per heavy atom. The number of anilines is 3. The van der Waals surface area contributed by atoms with E-state index < -0.39 is 0 Å². The van der Waals surface area contributed by atoms with Crippen molar-refractivity contribution in [3.63, 3.8) is 0 Å². The Labute approximate surface area is 224 Å². The molecule has 0 aliphatic carbocycles. The average Bonchev–Trinajstić information content (AvgIpc) is 3.31. The topological polar surface area (TPSA) is 74.5 Å². The minimum atomic E-state index is 0.501. The molecule has 1 N–H and O–H groups in total. The highest BCUT2D eigenvalue weighted by Gasteiger charge is 2.20. The number of aromatic nitrogens is 4. The first-order chi connectivity index (χ1) is 18.7. The summed E-state index contributed by atoms with van der Waals surface area (Å²) in [6.45, 7) is 6.92. The maximum absolute atomic E-state index is 4.87. The van der Waals surface area contributed by atoms with Gasteiger partial charge in [0.05, 0.1) is 6.21 Å². The standard InChI is InChI=1S/C30H36N8/c1-23-11-10-12-24(19-23)21-38-22-25(26-13-4-5-14-27(26)38)20-31-35-28-32-29(36-15-6-2-7-16-36)34-30(33-28)37-17-8-3-9-18-37/h4-5,10-14,19-20,22H,2-3,6-9,15-18,21H2,1H3,(H,32,33,34,35)/b31-20+. The van der Waals surface area contributed by atoms with Gasteiger partial charge in [-0.2, -0.15) is 20.1 Å². The summed E-state index contributed by atoms with van der Waals surface area (Å²) in [5.74, 6) is 2.02. The number of fused-ring (bicyclic) bond motifs is 1. The third kappa shape index (κ3) is 5.49. The van der Waals surface area contributed by atoms with Gasteiger partial charge in [-0.25, -0.2) is 5.43 Å². The van der Waals surface area contributed by atoms with E-state index in [1.165, 1.54) is 60.6 Å². The highest BCUT2D eigenvalue weighted by molar-refractivity contribution is 5.99. The van der Waals surface area contributed by atoms with E-state index in [1.807, 2.05) is 6.21 Å². The highest BCUT2D eigenvalue weighted by atomic mass is 15.4. The van der Waals surface area contributed by atoms with Crippen LogP contribution in [0, 0.1) is 6.92 Å². The van der Waals surface area contributed by atoms with Gasteiger partial charge in [0.15, 0.2) is 0 Å². The van der Waals surface area contributed by atoms with E-state index in [9.17, 15) is 0 Å². The molecule has 4 heterocycles. The molecule has 2 saturated heterocycles. The molecule has 8 heteroatoms. The average molecular weight is 509 g/mol. The van der Waals surface area contributed by atoms with Crippen LogP contribution in [0.3, 0.4) is 0 Å². The van der Waals surface area contributed by atoms with Gasteiger partial charge in [0.2, 0.25) is 17.8 Å². The summed E-state index contributed by atoms with van der Waals surface area (Å²) >= 11 is 0. The molecule has 196 valence electrons. The fraction of sp³-hybridized carbons (Fsp3) is 0.400. The highest BCUT2D eigenvalue weighted by Crippen LogP contribution is 2.24. The lowest BCUT2D eigenvalue weighted by Crippen LogP contribution is -2.34. The van der Waals surface area contributed by atoms with E-state index in [2.05, 4.69) is 86.5 Å². The predicted octanol–water partition coefficient (Wildman–Crippen LogP) is 5.61. The molecule has 0 radical (unpaired) electrons. The van der Waals surface area contributed by atoms with Gasteiger partial charge in [-0.15, -0.1) is 0 Å². The minimum Gasteiger partial charge on any atom is -0.342 e. The molecule has 8 nitrogen and oxygen atoms in total. The molecule has 2 aromatic heterocycles. The van der Waals surface area contributed by atoms with Crippen LogP contribution in [0.15, 0.2) is 59.8 Å². The monoisotopic (exact) mass is 508 g/mol. The van der Waals surface area contributed by atoms with Crippen LogP contribution in [-0.2, 0) is 6.54 Å². The Morgan fingerprint density at radius 1 is 0.816 bits per heavy atom. The van der Waals surface area contributed by atoms with E-state index >= 15 is 0 Å². The van der Waals surface area contributed by atoms with Crippen molar-refractivity contribution in [3.8, 4) is 0 Å². The second-order valence-corrected chi connectivity index (χ2v) is 10.4. The van der Waals surface area contributed by atoms with Gasteiger partial charge in [0.25, 0.3) is 0 Å². The van der Waals surface area contributed by atoms with Crippen LogP contribution < -0.4 is 15.2 Å². The number of para-hydroxylation sites is 1. The molecule has 4 aromatic rings. The molecular formula is C30H36N8. The van der Waals surface area contributed by atoms with Crippen LogP contribution in [0.2, 0.25) is 0 Å². The van der Waals surface area contributed by atoms with Crippen molar-refractivity contribution in [1.29, 1.82) is 0 Å². The van der Waals surface area contributed by atoms with Crippen molar-refractivity contribution in [2.24, 2.45) is 5.10 Å². The van der Waals surface area contributed by atoms with E-state index in [0.717, 1.165) is 50.2 Å². The number of nitrogens with zero attached hydrogens (tertiary/aromatic N) is 7. The summed E-state index contributed by atoms with van der Waals surface area (Å²) in [6.07, 6.45) is 11.3. The maximum atomic E-state index is 4.87. The van der Waals surface area contributed by atoms with E-state index in [4.69, 9.17) is 15.0 Å². The summed E-state index contributed by atoms with van der Waals surface area (Å²) in [5.41, 5.74) is 7.93. The molecule has 0 amide bonds. The van der Waals surface area contributed by atoms with Gasteiger partial charge in [0.1, 0.15) is 0 Å². The first-order valence-corrected chi connectivity index (χ1v) is 13.9. The SMILES string of the molecule is Cc1cccc(Cn2cc(/C=N/Nc3nc(N4CCCCC4)nc(N4CCCCC4)n3)c3ccccc32)c1. The normalized spacial score (nSPS) is 16.4. The molecule has 2 aliphatic rings. The van der Waals surface area contributed by atoms with Gasteiger partial charge in [-0.05, 0) is 57.1 Å². The summed E-state index contributed by atoms with van der Waals surface area (Å²) in [7, 11) is 0.